The van der Waals surface area contributed by atoms with Crippen LogP contribution in [0.4, 0.5) is 0 Å². The van der Waals surface area contributed by atoms with Crippen LogP contribution in [0.15, 0.2) is 36.5 Å². The minimum absolute atomic E-state index is 0.0775. The largest absolute Gasteiger partial charge is 0.462 e. The lowest BCUT2D eigenvalue weighted by Gasteiger charge is -2.18. The molecule has 0 saturated heterocycles. The van der Waals surface area contributed by atoms with Gasteiger partial charge >= 0.3 is 17.9 Å². The molecule has 0 aromatic carbocycles. The molecule has 58 heavy (non-hydrogen) atoms. The Kier molecular flexibility index (Phi) is 45.4. The molecule has 0 rings (SSSR count). The van der Waals surface area contributed by atoms with Crippen LogP contribution in [0.5, 0.6) is 0 Å². The maximum absolute atomic E-state index is 12.8. The fourth-order valence-electron chi connectivity index (χ4n) is 7.05. The molecule has 0 aliphatic carbocycles. The van der Waals surface area contributed by atoms with Crippen LogP contribution in [0.25, 0.3) is 0 Å². The zero-order valence-electron chi connectivity index (χ0n) is 38.6. The Bertz CT molecular complexity index is 984. The van der Waals surface area contributed by atoms with Crippen LogP contribution in [0.3, 0.4) is 0 Å². The molecular formula is C52H94O6. The maximum Gasteiger partial charge on any atom is 0.306 e. The van der Waals surface area contributed by atoms with Crippen molar-refractivity contribution in [2.75, 3.05) is 13.2 Å². The van der Waals surface area contributed by atoms with Crippen molar-refractivity contribution in [3.8, 4) is 0 Å². The topological polar surface area (TPSA) is 78.9 Å². The summed E-state index contributed by atoms with van der Waals surface area (Å²) in [6.45, 7) is 6.59. The predicted octanol–water partition coefficient (Wildman–Crippen LogP) is 16.1. The van der Waals surface area contributed by atoms with Crippen LogP contribution in [-0.4, -0.2) is 37.2 Å². The minimum Gasteiger partial charge on any atom is -0.462 e. The molecule has 6 heteroatoms. The van der Waals surface area contributed by atoms with Crippen LogP contribution >= 0.6 is 0 Å². The Morgan fingerprint density at radius 3 is 1.00 bits per heavy atom. The second kappa shape index (κ2) is 47.3. The molecule has 6 nitrogen and oxygen atoms in total. The highest BCUT2D eigenvalue weighted by atomic mass is 16.6. The van der Waals surface area contributed by atoms with Crippen molar-refractivity contribution in [3.05, 3.63) is 36.5 Å². The van der Waals surface area contributed by atoms with Gasteiger partial charge in [-0.1, -0.05) is 198 Å². The molecule has 0 aliphatic rings. The van der Waals surface area contributed by atoms with Crippen molar-refractivity contribution < 1.29 is 28.6 Å². The highest BCUT2D eigenvalue weighted by molar-refractivity contribution is 5.71. The van der Waals surface area contributed by atoms with E-state index in [0.29, 0.717) is 19.3 Å². The Labute approximate surface area is 359 Å². The molecule has 0 amide bonds. The van der Waals surface area contributed by atoms with Crippen LogP contribution in [0, 0.1) is 0 Å². The lowest BCUT2D eigenvalue weighted by Crippen LogP contribution is -2.30. The first kappa shape index (κ1) is 55.6. The van der Waals surface area contributed by atoms with E-state index in [2.05, 4.69) is 57.2 Å². The molecule has 0 aromatic rings. The molecule has 0 radical (unpaired) electrons. The van der Waals surface area contributed by atoms with Crippen molar-refractivity contribution in [3.63, 3.8) is 0 Å². The fourth-order valence-corrected chi connectivity index (χ4v) is 7.05. The Morgan fingerprint density at radius 2 is 0.621 bits per heavy atom. The monoisotopic (exact) mass is 815 g/mol. The van der Waals surface area contributed by atoms with Crippen molar-refractivity contribution in [1.29, 1.82) is 0 Å². The average molecular weight is 815 g/mol. The summed E-state index contributed by atoms with van der Waals surface area (Å²) in [6, 6.07) is 0. The van der Waals surface area contributed by atoms with Gasteiger partial charge in [0.05, 0.1) is 0 Å². The van der Waals surface area contributed by atoms with Crippen LogP contribution < -0.4 is 0 Å². The van der Waals surface area contributed by atoms with Gasteiger partial charge in [-0.25, -0.2) is 0 Å². The summed E-state index contributed by atoms with van der Waals surface area (Å²) in [5.74, 6) is -0.894. The van der Waals surface area contributed by atoms with Gasteiger partial charge in [0, 0.05) is 19.3 Å². The van der Waals surface area contributed by atoms with Crippen molar-refractivity contribution in [2.24, 2.45) is 0 Å². The zero-order chi connectivity index (χ0) is 42.3. The third kappa shape index (κ3) is 44.7. The van der Waals surface area contributed by atoms with Gasteiger partial charge in [0.15, 0.2) is 6.10 Å². The molecule has 1 atom stereocenters. The number of allylic oxidation sites excluding steroid dienone is 6. The van der Waals surface area contributed by atoms with Gasteiger partial charge in [-0.05, 0) is 77.0 Å². The van der Waals surface area contributed by atoms with E-state index in [1.54, 1.807) is 0 Å². The van der Waals surface area contributed by atoms with Gasteiger partial charge in [-0.3, -0.25) is 14.4 Å². The van der Waals surface area contributed by atoms with E-state index in [1.807, 2.05) is 0 Å². The summed E-state index contributed by atoms with van der Waals surface area (Å²) in [5, 5.41) is 0. The van der Waals surface area contributed by atoms with E-state index in [1.165, 1.54) is 128 Å². The molecule has 0 fully saturated rings. The third-order valence-corrected chi connectivity index (χ3v) is 10.9. The molecule has 0 aliphatic heterocycles. The second-order valence-corrected chi connectivity index (χ2v) is 16.7. The van der Waals surface area contributed by atoms with Crippen molar-refractivity contribution >= 4 is 17.9 Å². The molecule has 0 bridgehead atoms. The molecule has 0 spiro atoms. The summed E-state index contributed by atoms with van der Waals surface area (Å²) in [4.78, 5) is 37.9. The lowest BCUT2D eigenvalue weighted by atomic mass is 10.1. The zero-order valence-corrected chi connectivity index (χ0v) is 38.6. The number of esters is 3. The fraction of sp³-hybridized carbons (Fsp3) is 0.827. The second-order valence-electron chi connectivity index (χ2n) is 16.7. The first-order chi connectivity index (χ1) is 28.5. The Hall–Kier alpha value is -2.37. The van der Waals surface area contributed by atoms with Gasteiger partial charge in [0.1, 0.15) is 13.2 Å². The Balaban J connectivity index is 4.39. The highest BCUT2D eigenvalue weighted by Gasteiger charge is 2.19. The molecule has 0 heterocycles. The molecule has 1 unspecified atom stereocenters. The summed E-state index contributed by atoms with van der Waals surface area (Å²) < 4.78 is 16.7. The highest BCUT2D eigenvalue weighted by Crippen LogP contribution is 2.14. The minimum atomic E-state index is -0.777. The summed E-state index contributed by atoms with van der Waals surface area (Å²) >= 11 is 0. The first-order valence-corrected chi connectivity index (χ1v) is 25.0. The van der Waals surface area contributed by atoms with Gasteiger partial charge in [-0.2, -0.15) is 0 Å². The summed E-state index contributed by atoms with van der Waals surface area (Å²) in [7, 11) is 0. The van der Waals surface area contributed by atoms with Gasteiger partial charge in [0.2, 0.25) is 0 Å². The number of rotatable bonds is 45. The molecular weight excluding hydrogens is 721 g/mol. The number of carbonyl (C=O) groups excluding carboxylic acids is 3. The van der Waals surface area contributed by atoms with E-state index in [0.717, 1.165) is 89.9 Å². The Morgan fingerprint density at radius 1 is 0.345 bits per heavy atom. The predicted molar refractivity (Wildman–Crippen MR) is 247 cm³/mol. The number of unbranched alkanes of at least 4 members (excludes halogenated alkanes) is 28. The quantitative estimate of drug-likeness (QED) is 0.0264. The molecule has 338 valence electrons. The number of ether oxygens (including phenoxy) is 3. The van der Waals surface area contributed by atoms with E-state index in [4.69, 9.17) is 14.2 Å². The number of carbonyl (C=O) groups is 3. The smallest absolute Gasteiger partial charge is 0.306 e. The number of hydrogen-bond acceptors (Lipinski definition) is 6. The van der Waals surface area contributed by atoms with Gasteiger partial charge in [0.25, 0.3) is 0 Å². The van der Waals surface area contributed by atoms with Crippen LogP contribution in [0.2, 0.25) is 0 Å². The van der Waals surface area contributed by atoms with Crippen molar-refractivity contribution in [1.82, 2.24) is 0 Å². The SMILES string of the molecule is CCCCC/C=C\C/C=C\CCCCCCCC(=O)OCC(COC(=O)CCCCCCCCCCCCC)OC(=O)CCCCCCC/C=C\CCCCCCC. The van der Waals surface area contributed by atoms with E-state index in [-0.39, 0.29) is 31.1 Å². The van der Waals surface area contributed by atoms with E-state index >= 15 is 0 Å². The first-order valence-electron chi connectivity index (χ1n) is 25.0. The maximum atomic E-state index is 12.8. The van der Waals surface area contributed by atoms with Crippen molar-refractivity contribution in [2.45, 2.75) is 264 Å². The lowest BCUT2D eigenvalue weighted by molar-refractivity contribution is -0.167. The summed E-state index contributed by atoms with van der Waals surface area (Å²) in [6.07, 6.45) is 54.0. The van der Waals surface area contributed by atoms with Crippen LogP contribution in [0.1, 0.15) is 258 Å². The van der Waals surface area contributed by atoms with Crippen LogP contribution in [-0.2, 0) is 28.6 Å². The average Bonchev–Trinajstić information content (AvgIpc) is 3.22. The standard InChI is InChI=1S/C52H94O6/c1-4-7-10-13-16-19-22-24-26-28-30-33-36-39-42-45-51(54)57-48-49(47-56-50(53)44-41-38-35-32-29-21-18-15-12-9-6-3)58-52(55)46-43-40-37-34-31-27-25-23-20-17-14-11-8-5-2/h16,19,23-26,49H,4-15,17-18,20-22,27-48H2,1-3H3/b19-16-,25-23-,26-24-. The molecule has 0 aromatic heterocycles. The molecule has 0 saturated carbocycles. The van der Waals surface area contributed by atoms with E-state index in [9.17, 15) is 14.4 Å². The normalized spacial score (nSPS) is 12.3. The van der Waals surface area contributed by atoms with Gasteiger partial charge < -0.3 is 14.2 Å². The van der Waals surface area contributed by atoms with Gasteiger partial charge in [-0.15, -0.1) is 0 Å². The summed E-state index contributed by atoms with van der Waals surface area (Å²) in [5.41, 5.74) is 0. The third-order valence-electron chi connectivity index (χ3n) is 10.9. The van der Waals surface area contributed by atoms with E-state index < -0.39 is 6.10 Å². The number of hydrogen-bond donors (Lipinski definition) is 0. The molecule has 0 N–H and O–H groups in total.